The molecule has 0 aliphatic heterocycles. The second kappa shape index (κ2) is 5.14. The van der Waals surface area contributed by atoms with Crippen LogP contribution in [0, 0.1) is 6.92 Å². The van der Waals surface area contributed by atoms with E-state index in [2.05, 4.69) is 17.1 Å². The quantitative estimate of drug-likeness (QED) is 0.861. The van der Waals surface area contributed by atoms with Gasteiger partial charge in [-0.2, -0.15) is 4.98 Å². The van der Waals surface area contributed by atoms with Gasteiger partial charge in [-0.1, -0.05) is 18.5 Å². The van der Waals surface area contributed by atoms with Crippen molar-refractivity contribution in [3.63, 3.8) is 0 Å². The molecular weight excluding hydrogens is 218 g/mol. The summed E-state index contributed by atoms with van der Waals surface area (Å²) in [5, 5.41) is 3.97. The molecule has 0 amide bonds. The second-order valence-corrected chi connectivity index (χ2v) is 4.07. The normalized spacial score (nSPS) is 12.9. The van der Waals surface area contributed by atoms with E-state index in [1.54, 1.807) is 6.26 Å². The fraction of sp³-hybridized carbons (Fsp3) is 0.500. The maximum atomic E-state index is 5.70. The van der Waals surface area contributed by atoms with Crippen LogP contribution in [0.4, 0.5) is 0 Å². The van der Waals surface area contributed by atoms with E-state index >= 15 is 0 Å². The SMILES string of the molecule is CCCC(CN)c1nc(-c2ccoc2C)no1. The van der Waals surface area contributed by atoms with Crippen LogP contribution < -0.4 is 5.73 Å². The third-order valence-corrected chi connectivity index (χ3v) is 2.81. The maximum Gasteiger partial charge on any atom is 0.231 e. The van der Waals surface area contributed by atoms with Gasteiger partial charge >= 0.3 is 0 Å². The minimum Gasteiger partial charge on any atom is -0.469 e. The molecule has 2 N–H and O–H groups in total. The standard InChI is InChI=1S/C12H17N3O2/c1-3-4-9(7-13)12-14-11(15-17-12)10-5-6-16-8(10)2/h5-6,9H,3-4,7,13H2,1-2H3. The second-order valence-electron chi connectivity index (χ2n) is 4.07. The average molecular weight is 235 g/mol. The molecule has 0 aromatic carbocycles. The molecule has 0 bridgehead atoms. The molecule has 2 aromatic rings. The van der Waals surface area contributed by atoms with E-state index in [1.165, 1.54) is 0 Å². The summed E-state index contributed by atoms with van der Waals surface area (Å²) in [6.07, 6.45) is 3.62. The molecular formula is C12H17N3O2. The molecule has 2 rings (SSSR count). The van der Waals surface area contributed by atoms with Crippen LogP contribution in [-0.2, 0) is 0 Å². The number of aryl methyl sites for hydroxylation is 1. The van der Waals surface area contributed by atoms with Crippen LogP contribution in [-0.4, -0.2) is 16.7 Å². The van der Waals surface area contributed by atoms with Crippen molar-refractivity contribution in [1.82, 2.24) is 10.1 Å². The van der Waals surface area contributed by atoms with Crippen LogP contribution in [0.15, 0.2) is 21.3 Å². The van der Waals surface area contributed by atoms with Crippen LogP contribution in [0.3, 0.4) is 0 Å². The largest absolute Gasteiger partial charge is 0.469 e. The minimum atomic E-state index is 0.147. The van der Waals surface area contributed by atoms with Crippen molar-refractivity contribution >= 4 is 0 Å². The zero-order valence-electron chi connectivity index (χ0n) is 10.1. The van der Waals surface area contributed by atoms with Gasteiger partial charge in [-0.25, -0.2) is 0 Å². The molecule has 2 heterocycles. The average Bonchev–Trinajstić information content (AvgIpc) is 2.94. The van der Waals surface area contributed by atoms with Gasteiger partial charge in [0.2, 0.25) is 11.7 Å². The summed E-state index contributed by atoms with van der Waals surface area (Å²) < 4.78 is 10.5. The third kappa shape index (κ3) is 2.39. The Balaban J connectivity index is 2.24. The number of furan rings is 1. The summed E-state index contributed by atoms with van der Waals surface area (Å²) in [5.41, 5.74) is 6.57. The van der Waals surface area contributed by atoms with E-state index in [0.29, 0.717) is 18.3 Å². The molecule has 1 atom stereocenters. The summed E-state index contributed by atoms with van der Waals surface area (Å²) in [4.78, 5) is 4.39. The molecule has 0 fully saturated rings. The molecule has 0 aliphatic carbocycles. The molecule has 1 unspecified atom stereocenters. The predicted molar refractivity (Wildman–Crippen MR) is 63.4 cm³/mol. The first-order valence-electron chi connectivity index (χ1n) is 5.84. The minimum absolute atomic E-state index is 0.147. The lowest BCUT2D eigenvalue weighted by molar-refractivity contribution is 0.347. The predicted octanol–water partition coefficient (Wildman–Crippen LogP) is 2.48. The zero-order chi connectivity index (χ0) is 12.3. The van der Waals surface area contributed by atoms with Gasteiger partial charge in [-0.15, -0.1) is 0 Å². The van der Waals surface area contributed by atoms with Crippen molar-refractivity contribution in [2.45, 2.75) is 32.6 Å². The molecule has 0 saturated heterocycles. The van der Waals surface area contributed by atoms with Crippen LogP contribution in [0.25, 0.3) is 11.4 Å². The van der Waals surface area contributed by atoms with Gasteiger partial charge in [0.15, 0.2) is 0 Å². The molecule has 92 valence electrons. The number of nitrogens with zero attached hydrogens (tertiary/aromatic N) is 2. The fourth-order valence-electron chi connectivity index (χ4n) is 1.82. The van der Waals surface area contributed by atoms with Crippen LogP contribution in [0.1, 0.15) is 37.3 Å². The number of hydrogen-bond acceptors (Lipinski definition) is 5. The summed E-state index contributed by atoms with van der Waals surface area (Å²) >= 11 is 0. The smallest absolute Gasteiger partial charge is 0.231 e. The molecule has 5 heteroatoms. The van der Waals surface area contributed by atoms with Crippen molar-refractivity contribution in [3.8, 4) is 11.4 Å². The molecule has 5 nitrogen and oxygen atoms in total. The van der Waals surface area contributed by atoms with Crippen LogP contribution in [0.5, 0.6) is 0 Å². The van der Waals surface area contributed by atoms with Gasteiger partial charge in [-0.05, 0) is 19.4 Å². The Labute approximate surface area is 100.0 Å². The van der Waals surface area contributed by atoms with Crippen LogP contribution in [0.2, 0.25) is 0 Å². The highest BCUT2D eigenvalue weighted by Crippen LogP contribution is 2.24. The highest BCUT2D eigenvalue weighted by molar-refractivity contribution is 5.56. The number of nitrogens with two attached hydrogens (primary N) is 1. The first-order chi connectivity index (χ1) is 8.26. The first kappa shape index (κ1) is 11.9. The zero-order valence-corrected chi connectivity index (χ0v) is 10.1. The Morgan fingerprint density at radius 3 is 2.88 bits per heavy atom. The molecule has 0 saturated carbocycles. The first-order valence-corrected chi connectivity index (χ1v) is 5.84. The number of rotatable bonds is 5. The highest BCUT2D eigenvalue weighted by atomic mass is 16.5. The molecule has 2 aromatic heterocycles. The molecule has 0 aliphatic rings. The molecule has 0 spiro atoms. The van der Waals surface area contributed by atoms with E-state index in [0.717, 1.165) is 24.2 Å². The summed E-state index contributed by atoms with van der Waals surface area (Å²) in [7, 11) is 0. The van der Waals surface area contributed by atoms with Crippen molar-refractivity contribution < 1.29 is 8.94 Å². The Morgan fingerprint density at radius 1 is 1.47 bits per heavy atom. The van der Waals surface area contributed by atoms with Crippen LogP contribution >= 0.6 is 0 Å². The lowest BCUT2D eigenvalue weighted by atomic mass is 10.0. The van der Waals surface area contributed by atoms with Gasteiger partial charge in [0.25, 0.3) is 0 Å². The Bertz CT molecular complexity index is 476. The molecule has 0 radical (unpaired) electrons. The number of aromatic nitrogens is 2. The summed E-state index contributed by atoms with van der Waals surface area (Å²) in [5.74, 6) is 2.12. The summed E-state index contributed by atoms with van der Waals surface area (Å²) in [6.45, 7) is 4.51. The molecule has 17 heavy (non-hydrogen) atoms. The highest BCUT2D eigenvalue weighted by Gasteiger charge is 2.18. The van der Waals surface area contributed by atoms with Gasteiger partial charge < -0.3 is 14.7 Å². The van der Waals surface area contributed by atoms with Crippen molar-refractivity contribution in [3.05, 3.63) is 24.0 Å². The Morgan fingerprint density at radius 2 is 2.29 bits per heavy atom. The Hall–Kier alpha value is -1.62. The lowest BCUT2D eigenvalue weighted by Crippen LogP contribution is -2.12. The maximum absolute atomic E-state index is 5.70. The van der Waals surface area contributed by atoms with Gasteiger partial charge in [0, 0.05) is 6.54 Å². The van der Waals surface area contributed by atoms with E-state index in [-0.39, 0.29) is 5.92 Å². The topological polar surface area (TPSA) is 78.1 Å². The summed E-state index contributed by atoms with van der Waals surface area (Å²) in [6, 6.07) is 1.83. The van der Waals surface area contributed by atoms with Crippen molar-refractivity contribution in [2.24, 2.45) is 5.73 Å². The van der Waals surface area contributed by atoms with Gasteiger partial charge in [-0.3, -0.25) is 0 Å². The fourth-order valence-corrected chi connectivity index (χ4v) is 1.82. The van der Waals surface area contributed by atoms with E-state index in [9.17, 15) is 0 Å². The Kier molecular flexibility index (Phi) is 3.58. The van der Waals surface area contributed by atoms with Crippen molar-refractivity contribution in [2.75, 3.05) is 6.54 Å². The number of hydrogen-bond donors (Lipinski definition) is 1. The van der Waals surface area contributed by atoms with E-state index in [4.69, 9.17) is 14.7 Å². The van der Waals surface area contributed by atoms with Gasteiger partial charge in [0.05, 0.1) is 17.7 Å². The van der Waals surface area contributed by atoms with Gasteiger partial charge in [0.1, 0.15) is 5.76 Å². The lowest BCUT2D eigenvalue weighted by Gasteiger charge is -2.06. The van der Waals surface area contributed by atoms with E-state index in [1.807, 2.05) is 13.0 Å². The van der Waals surface area contributed by atoms with E-state index < -0.39 is 0 Å². The monoisotopic (exact) mass is 235 g/mol. The third-order valence-electron chi connectivity index (χ3n) is 2.81. The van der Waals surface area contributed by atoms with Crippen molar-refractivity contribution in [1.29, 1.82) is 0 Å².